The second kappa shape index (κ2) is 17.9. The molecule has 1 saturated carbocycles. The molecule has 1 amide bonds. The van der Waals surface area contributed by atoms with Crippen LogP contribution in [0.15, 0.2) is 108 Å². The van der Waals surface area contributed by atoms with Crippen molar-refractivity contribution in [3.63, 3.8) is 0 Å². The summed E-state index contributed by atoms with van der Waals surface area (Å²) in [6, 6.07) is 36.6. The highest BCUT2D eigenvalue weighted by atomic mass is 32.2. The number of aromatic nitrogens is 1. The molecule has 10 heteroatoms. The molecule has 2 aliphatic heterocycles. The Morgan fingerprint density at radius 1 is 0.845 bits per heavy atom. The second-order valence-electron chi connectivity index (χ2n) is 15.3. The van der Waals surface area contributed by atoms with Crippen LogP contribution < -0.4 is 19.7 Å². The number of carboxylic acids is 1. The Morgan fingerprint density at radius 2 is 1.52 bits per heavy atom. The van der Waals surface area contributed by atoms with E-state index in [1.54, 1.807) is 4.90 Å². The highest BCUT2D eigenvalue weighted by Gasteiger charge is 2.42. The Labute approximate surface area is 353 Å². The van der Waals surface area contributed by atoms with E-state index in [1.165, 1.54) is 63.1 Å². The van der Waals surface area contributed by atoms with Crippen molar-refractivity contribution in [1.82, 2.24) is 9.47 Å². The summed E-state index contributed by atoms with van der Waals surface area (Å²) < 4.78 is 2.41. The first-order chi connectivity index (χ1) is 28.3. The molecule has 3 aliphatic rings. The highest BCUT2D eigenvalue weighted by molar-refractivity contribution is 8.30. The van der Waals surface area contributed by atoms with Gasteiger partial charge in [-0.2, -0.15) is 0 Å². The molecule has 3 heterocycles. The first-order valence-electron chi connectivity index (χ1n) is 20.4. The van der Waals surface area contributed by atoms with E-state index < -0.39 is 18.1 Å². The summed E-state index contributed by atoms with van der Waals surface area (Å²) in [6.07, 6.45) is 14.0. The lowest BCUT2D eigenvalue weighted by Crippen LogP contribution is -2.35. The second-order valence-corrected chi connectivity index (χ2v) is 18.0. The monoisotopic (exact) mass is 825 g/mol. The molecule has 0 spiro atoms. The zero-order valence-electron chi connectivity index (χ0n) is 32.6. The van der Waals surface area contributed by atoms with Crippen LogP contribution in [0.1, 0.15) is 98.4 Å². The lowest BCUT2D eigenvalue weighted by molar-refractivity contribution is -0.137. The molecule has 4 aromatic carbocycles. The number of rotatable bonds is 14. The number of benzene rings is 4. The number of carboxylic acid groups (broad SMARTS) is 1. The number of fused-ring (bicyclic) bond motifs is 3. The van der Waals surface area contributed by atoms with Crippen LogP contribution in [0.3, 0.4) is 0 Å². The molecule has 1 saturated heterocycles. The van der Waals surface area contributed by atoms with Crippen molar-refractivity contribution in [3.8, 4) is 0 Å². The predicted octanol–water partition coefficient (Wildman–Crippen LogP) is 9.53. The summed E-state index contributed by atoms with van der Waals surface area (Å²) in [4.78, 5) is 43.9. The molecule has 1 aromatic heterocycles. The van der Waals surface area contributed by atoms with Crippen LogP contribution in [0, 0.1) is 0 Å². The lowest BCUT2D eigenvalue weighted by atomic mass is 9.95. The number of hydrogen-bond acceptors (Lipinski definition) is 7. The standard InChI is InChI=1S/C48H47N3O4S3/c1-2-3-4-5-6-13-27-49-46(55)44(58-48(49)56)47-50(31-43(52)53)45(54)42(57-47)30-33-23-26-41-39(29-33)37-19-14-20-40(37)51(41)36-24-21-32(22-25-36)28-38(34-15-9-7-10-16-34)35-17-11-8-12-18-35/h7-12,15-18,21-26,28-30,37,40H,2-6,13-14,19-20,27,31H2,1H3,(H,52,53)/b42-30-,47-44-/t37-,40-/m1/s1. The van der Waals surface area contributed by atoms with Gasteiger partial charge in [-0.15, -0.1) is 11.3 Å². The number of thioether (sulfide) groups is 1. The van der Waals surface area contributed by atoms with Crippen molar-refractivity contribution in [2.24, 2.45) is 0 Å². The maximum Gasteiger partial charge on any atom is 0.323 e. The minimum absolute atomic E-state index is 0.253. The Balaban J connectivity index is 1.09. The zero-order valence-corrected chi connectivity index (χ0v) is 35.1. The van der Waals surface area contributed by atoms with E-state index in [9.17, 15) is 19.5 Å². The molecule has 1 N–H and O–H groups in total. The van der Waals surface area contributed by atoms with Crippen molar-refractivity contribution in [3.05, 3.63) is 150 Å². The summed E-state index contributed by atoms with van der Waals surface area (Å²) in [5, 5.41) is 9.78. The van der Waals surface area contributed by atoms with Gasteiger partial charge in [0, 0.05) is 29.9 Å². The van der Waals surface area contributed by atoms with Gasteiger partial charge in [-0.1, -0.05) is 148 Å². The number of aliphatic carboxylic acids is 1. The molecule has 2 atom stereocenters. The van der Waals surface area contributed by atoms with Crippen molar-refractivity contribution in [2.75, 3.05) is 11.4 Å². The molecule has 0 unspecified atom stereocenters. The van der Waals surface area contributed by atoms with Gasteiger partial charge in [0.2, 0.25) is 0 Å². The first-order valence-corrected chi connectivity index (χ1v) is 22.4. The van der Waals surface area contributed by atoms with Gasteiger partial charge in [0.15, 0.2) is 0 Å². The number of carbonyl (C=O) groups excluding carboxylic acids is 1. The fourth-order valence-corrected chi connectivity index (χ4v) is 11.2. The molecule has 0 radical (unpaired) electrons. The van der Waals surface area contributed by atoms with Crippen LogP contribution in [0.4, 0.5) is 11.4 Å². The number of unbranched alkanes of at least 4 members (excludes halogenated alkanes) is 5. The number of amides is 1. The number of thiocarbonyl (C=S) groups is 1. The summed E-state index contributed by atoms with van der Waals surface area (Å²) in [6.45, 7) is 2.18. The molecule has 8 rings (SSSR count). The number of hydrogen-bond donors (Lipinski definition) is 1. The van der Waals surface area contributed by atoms with E-state index in [4.69, 9.17) is 12.2 Å². The third kappa shape index (κ3) is 8.28. The van der Waals surface area contributed by atoms with Gasteiger partial charge in [0.05, 0.1) is 4.53 Å². The number of anilines is 2. The average molecular weight is 826 g/mol. The molecule has 58 heavy (non-hydrogen) atoms. The van der Waals surface area contributed by atoms with Crippen molar-refractivity contribution in [2.45, 2.75) is 83.2 Å². The molecular weight excluding hydrogens is 779 g/mol. The number of nitrogens with zero attached hydrogens (tertiary/aromatic N) is 3. The molecule has 0 bridgehead atoms. The van der Waals surface area contributed by atoms with E-state index >= 15 is 0 Å². The van der Waals surface area contributed by atoms with Gasteiger partial charge < -0.3 is 10.0 Å². The fourth-order valence-electron chi connectivity index (χ4n) is 8.66. The van der Waals surface area contributed by atoms with E-state index in [1.807, 2.05) is 24.3 Å². The Bertz CT molecular complexity index is 2500. The normalized spacial score (nSPS) is 18.5. The average Bonchev–Trinajstić information content (AvgIpc) is 3.98. The molecule has 2 fully saturated rings. The maximum absolute atomic E-state index is 13.8. The number of thiazole rings is 1. The van der Waals surface area contributed by atoms with Crippen molar-refractivity contribution in [1.29, 1.82) is 0 Å². The SMILES string of the molecule is CCCCCCCCN1C(=O)/C(=c2/s/c(=C\c3ccc4c(c3)[C@H]3CCC[C@H]3N4c3ccc(C=C(c4ccccc4)c4ccccc4)cc3)c(=O)n2CC(=O)O)SC1=S. The highest BCUT2D eigenvalue weighted by Crippen LogP contribution is 2.52. The smallest absolute Gasteiger partial charge is 0.323 e. The van der Waals surface area contributed by atoms with Gasteiger partial charge in [-0.25, -0.2) is 0 Å². The van der Waals surface area contributed by atoms with Crippen LogP contribution in [0.5, 0.6) is 0 Å². The van der Waals surface area contributed by atoms with E-state index in [2.05, 4.69) is 103 Å². The molecule has 1 aliphatic carbocycles. The van der Waals surface area contributed by atoms with Crippen LogP contribution in [-0.2, 0) is 16.1 Å². The summed E-state index contributed by atoms with van der Waals surface area (Å²) in [7, 11) is 0. The van der Waals surface area contributed by atoms with Gasteiger partial charge in [0.25, 0.3) is 11.5 Å². The van der Waals surface area contributed by atoms with Crippen molar-refractivity contribution >= 4 is 85.5 Å². The van der Waals surface area contributed by atoms with Crippen molar-refractivity contribution < 1.29 is 14.7 Å². The topological polar surface area (TPSA) is 82.9 Å². The fraction of sp³-hybridized carbons (Fsp3) is 0.292. The molecule has 7 nitrogen and oxygen atoms in total. The van der Waals surface area contributed by atoms with E-state index in [0.29, 0.717) is 36.9 Å². The van der Waals surface area contributed by atoms with E-state index in [-0.39, 0.29) is 5.91 Å². The minimum atomic E-state index is -1.14. The van der Waals surface area contributed by atoms with Gasteiger partial charge in [0.1, 0.15) is 20.4 Å². The largest absolute Gasteiger partial charge is 0.480 e. The van der Waals surface area contributed by atoms with Gasteiger partial charge in [-0.05, 0) is 89.1 Å². The molecular formula is C48H47N3O4S3. The Hall–Kier alpha value is -5.03. The maximum atomic E-state index is 13.8. The van der Waals surface area contributed by atoms with Crippen LogP contribution in [0.2, 0.25) is 0 Å². The van der Waals surface area contributed by atoms with Crippen LogP contribution in [0.25, 0.3) is 22.6 Å². The third-order valence-electron chi connectivity index (χ3n) is 11.5. The summed E-state index contributed by atoms with van der Waals surface area (Å²) >= 11 is 7.94. The van der Waals surface area contributed by atoms with E-state index in [0.717, 1.165) is 67.1 Å². The minimum Gasteiger partial charge on any atom is -0.480 e. The van der Waals surface area contributed by atoms with Crippen LogP contribution >= 0.6 is 35.3 Å². The van der Waals surface area contributed by atoms with Crippen LogP contribution in [-0.4, -0.2) is 43.4 Å². The van der Waals surface area contributed by atoms with Gasteiger partial charge >= 0.3 is 5.97 Å². The third-order valence-corrected chi connectivity index (χ3v) is 14.1. The first kappa shape index (κ1) is 39.8. The van der Waals surface area contributed by atoms with Gasteiger partial charge in [-0.3, -0.25) is 23.9 Å². The molecule has 296 valence electrons. The lowest BCUT2D eigenvalue weighted by Gasteiger charge is -2.27. The Kier molecular flexibility index (Phi) is 12.2. The molecule has 5 aromatic rings. The summed E-state index contributed by atoms with van der Waals surface area (Å²) in [5.74, 6) is -1.02. The Morgan fingerprint density at radius 3 is 2.21 bits per heavy atom. The summed E-state index contributed by atoms with van der Waals surface area (Å²) in [5.41, 5.74) is 8.72. The number of carbonyl (C=O) groups is 2. The zero-order chi connectivity index (χ0) is 40.2. The quantitative estimate of drug-likeness (QED) is 0.0679. The predicted molar refractivity (Wildman–Crippen MR) is 243 cm³/mol.